The first-order chi connectivity index (χ1) is 11.8. The van der Waals surface area contributed by atoms with Crippen molar-refractivity contribution in [2.24, 2.45) is 5.92 Å². The van der Waals surface area contributed by atoms with Gasteiger partial charge in [-0.25, -0.2) is 0 Å². The number of hydrogen-bond donors (Lipinski definition) is 2. The fourth-order valence-corrected chi connectivity index (χ4v) is 3.73. The molecule has 0 saturated carbocycles. The third kappa shape index (κ3) is 3.03. The zero-order valence-corrected chi connectivity index (χ0v) is 13.8. The second-order valence-corrected chi connectivity index (χ2v) is 6.76. The van der Waals surface area contributed by atoms with Crippen LogP contribution in [0.15, 0.2) is 24.3 Å². The summed E-state index contributed by atoms with van der Waals surface area (Å²) >= 11 is 0. The molecule has 0 saturated heterocycles. The second kappa shape index (κ2) is 6.67. The number of para-hydroxylation sites is 1. The summed E-state index contributed by atoms with van der Waals surface area (Å²) in [5.41, 5.74) is 4.08. The molecule has 2 N–H and O–H groups in total. The Morgan fingerprint density at radius 3 is 3.12 bits per heavy atom. The van der Waals surface area contributed by atoms with E-state index in [9.17, 15) is 4.79 Å². The molecular formula is C19H23N3O2. The van der Waals surface area contributed by atoms with Gasteiger partial charge in [-0.3, -0.25) is 9.89 Å². The van der Waals surface area contributed by atoms with Crippen molar-refractivity contribution in [3.63, 3.8) is 0 Å². The number of nitrogens with zero attached hydrogens (tertiary/aromatic N) is 1. The summed E-state index contributed by atoms with van der Waals surface area (Å²) < 4.78 is 5.80. The van der Waals surface area contributed by atoms with E-state index in [0.717, 1.165) is 49.1 Å². The average Bonchev–Trinajstić information content (AvgIpc) is 2.93. The molecule has 1 atom stereocenters. The number of aromatic nitrogens is 2. The Labute approximate surface area is 141 Å². The molecule has 5 nitrogen and oxygen atoms in total. The molecule has 0 bridgehead atoms. The van der Waals surface area contributed by atoms with Crippen molar-refractivity contribution < 1.29 is 9.53 Å². The first-order valence-electron chi connectivity index (χ1n) is 8.86. The molecule has 1 aromatic heterocycles. The van der Waals surface area contributed by atoms with E-state index in [1.807, 2.05) is 18.2 Å². The molecule has 4 rings (SSSR count). The van der Waals surface area contributed by atoms with E-state index < -0.39 is 0 Å². The lowest BCUT2D eigenvalue weighted by Crippen LogP contribution is -2.31. The number of carbonyl (C=O) groups is 1. The van der Waals surface area contributed by atoms with Gasteiger partial charge in [0.05, 0.1) is 6.61 Å². The van der Waals surface area contributed by atoms with Gasteiger partial charge in [0, 0.05) is 17.8 Å². The number of H-pyrrole nitrogens is 1. The maximum Gasteiger partial charge on any atom is 0.272 e. The summed E-state index contributed by atoms with van der Waals surface area (Å²) in [5.74, 6) is 1.33. The van der Waals surface area contributed by atoms with Crippen LogP contribution in [0.4, 0.5) is 0 Å². The first-order valence-corrected chi connectivity index (χ1v) is 8.86. The summed E-state index contributed by atoms with van der Waals surface area (Å²) in [5, 5.41) is 10.4. The lowest BCUT2D eigenvalue weighted by molar-refractivity contribution is 0.0939. The van der Waals surface area contributed by atoms with Crippen LogP contribution in [-0.4, -0.2) is 29.3 Å². The van der Waals surface area contributed by atoms with E-state index in [1.54, 1.807) is 0 Å². The SMILES string of the molecule is O=C(NCC1CCOc2ccccc2C1)c1n[nH]c2c1CCCC2. The molecule has 1 amide bonds. The van der Waals surface area contributed by atoms with Crippen molar-refractivity contribution in [2.45, 2.75) is 38.5 Å². The number of hydrogen-bond acceptors (Lipinski definition) is 3. The van der Waals surface area contributed by atoms with Crippen molar-refractivity contribution in [3.8, 4) is 5.75 Å². The van der Waals surface area contributed by atoms with Crippen molar-refractivity contribution in [1.82, 2.24) is 15.5 Å². The summed E-state index contributed by atoms with van der Waals surface area (Å²) in [7, 11) is 0. The highest BCUT2D eigenvalue weighted by molar-refractivity contribution is 5.94. The van der Waals surface area contributed by atoms with Crippen LogP contribution in [0.2, 0.25) is 0 Å². The topological polar surface area (TPSA) is 67.0 Å². The predicted octanol–water partition coefficient (Wildman–Crippen LogP) is 2.66. The van der Waals surface area contributed by atoms with E-state index in [0.29, 0.717) is 24.8 Å². The van der Waals surface area contributed by atoms with Gasteiger partial charge in [-0.1, -0.05) is 18.2 Å². The van der Waals surface area contributed by atoms with Gasteiger partial charge in [0.2, 0.25) is 0 Å². The van der Waals surface area contributed by atoms with Crippen LogP contribution in [0.3, 0.4) is 0 Å². The molecule has 1 aliphatic carbocycles. The largest absolute Gasteiger partial charge is 0.493 e. The Hall–Kier alpha value is -2.30. The molecule has 0 fully saturated rings. The third-order valence-electron chi connectivity index (χ3n) is 5.09. The standard InChI is InChI=1S/C19H23N3O2/c23-19(18-15-6-2-3-7-16(15)21-22-18)20-12-13-9-10-24-17-8-4-1-5-14(17)11-13/h1,4-5,8,13H,2-3,6-7,9-12H2,(H,20,23)(H,21,22). The maximum absolute atomic E-state index is 12.5. The Bertz CT molecular complexity index is 738. The van der Waals surface area contributed by atoms with Crippen LogP contribution in [0.5, 0.6) is 5.75 Å². The number of benzene rings is 1. The zero-order chi connectivity index (χ0) is 16.4. The summed E-state index contributed by atoms with van der Waals surface area (Å²) in [4.78, 5) is 12.5. The molecule has 0 spiro atoms. The third-order valence-corrected chi connectivity index (χ3v) is 5.09. The number of amides is 1. The number of carbonyl (C=O) groups excluding carboxylic acids is 1. The van der Waals surface area contributed by atoms with Crippen LogP contribution in [0, 0.1) is 5.92 Å². The fraction of sp³-hybridized carbons (Fsp3) is 0.474. The van der Waals surface area contributed by atoms with Gasteiger partial charge < -0.3 is 10.1 Å². The van der Waals surface area contributed by atoms with Crippen LogP contribution in [-0.2, 0) is 19.3 Å². The first kappa shape index (κ1) is 15.2. The molecule has 5 heteroatoms. The number of rotatable bonds is 3. The molecule has 2 aromatic rings. The van der Waals surface area contributed by atoms with Crippen molar-refractivity contribution in [1.29, 1.82) is 0 Å². The number of nitrogens with one attached hydrogen (secondary N) is 2. The van der Waals surface area contributed by atoms with Crippen molar-refractivity contribution >= 4 is 5.91 Å². The number of ether oxygens (including phenoxy) is 1. The number of fused-ring (bicyclic) bond motifs is 2. The van der Waals surface area contributed by atoms with Gasteiger partial charge in [-0.05, 0) is 56.1 Å². The van der Waals surface area contributed by atoms with Gasteiger partial charge in [-0.2, -0.15) is 5.10 Å². The molecule has 126 valence electrons. The zero-order valence-electron chi connectivity index (χ0n) is 13.8. The maximum atomic E-state index is 12.5. The molecule has 0 radical (unpaired) electrons. The quantitative estimate of drug-likeness (QED) is 0.912. The Morgan fingerprint density at radius 2 is 2.17 bits per heavy atom. The summed E-state index contributed by atoms with van der Waals surface area (Å²) in [6, 6.07) is 8.17. The lowest BCUT2D eigenvalue weighted by atomic mass is 9.95. The highest BCUT2D eigenvalue weighted by Gasteiger charge is 2.23. The smallest absolute Gasteiger partial charge is 0.272 e. The van der Waals surface area contributed by atoms with E-state index in [2.05, 4.69) is 21.6 Å². The van der Waals surface area contributed by atoms with Gasteiger partial charge >= 0.3 is 0 Å². The molecule has 1 aliphatic heterocycles. The van der Waals surface area contributed by atoms with E-state index >= 15 is 0 Å². The van der Waals surface area contributed by atoms with Crippen molar-refractivity contribution in [3.05, 3.63) is 46.8 Å². The summed E-state index contributed by atoms with van der Waals surface area (Å²) in [6.45, 7) is 1.37. The number of aryl methyl sites for hydroxylation is 1. The minimum absolute atomic E-state index is 0.0483. The van der Waals surface area contributed by atoms with Gasteiger partial charge in [-0.15, -0.1) is 0 Å². The van der Waals surface area contributed by atoms with Crippen LogP contribution in [0.1, 0.15) is 46.6 Å². The van der Waals surface area contributed by atoms with Crippen LogP contribution < -0.4 is 10.1 Å². The van der Waals surface area contributed by atoms with Gasteiger partial charge in [0.15, 0.2) is 5.69 Å². The van der Waals surface area contributed by atoms with E-state index in [1.165, 1.54) is 12.0 Å². The number of aromatic amines is 1. The van der Waals surface area contributed by atoms with Gasteiger partial charge in [0.25, 0.3) is 5.91 Å². The highest BCUT2D eigenvalue weighted by atomic mass is 16.5. The van der Waals surface area contributed by atoms with Gasteiger partial charge in [0.1, 0.15) is 5.75 Å². The van der Waals surface area contributed by atoms with Crippen LogP contribution >= 0.6 is 0 Å². The highest BCUT2D eigenvalue weighted by Crippen LogP contribution is 2.26. The monoisotopic (exact) mass is 325 g/mol. The Kier molecular flexibility index (Phi) is 4.24. The minimum Gasteiger partial charge on any atom is -0.493 e. The normalized spacial score (nSPS) is 19.6. The molecular weight excluding hydrogens is 302 g/mol. The Balaban J connectivity index is 1.40. The molecule has 2 heterocycles. The predicted molar refractivity (Wildman–Crippen MR) is 91.3 cm³/mol. The van der Waals surface area contributed by atoms with E-state index in [-0.39, 0.29) is 5.91 Å². The fourth-order valence-electron chi connectivity index (χ4n) is 3.73. The molecule has 2 aliphatic rings. The van der Waals surface area contributed by atoms with E-state index in [4.69, 9.17) is 4.74 Å². The molecule has 1 unspecified atom stereocenters. The Morgan fingerprint density at radius 1 is 1.29 bits per heavy atom. The summed E-state index contributed by atoms with van der Waals surface area (Å²) in [6.07, 6.45) is 6.18. The second-order valence-electron chi connectivity index (χ2n) is 6.76. The van der Waals surface area contributed by atoms with Crippen LogP contribution in [0.25, 0.3) is 0 Å². The van der Waals surface area contributed by atoms with Crippen molar-refractivity contribution in [2.75, 3.05) is 13.2 Å². The lowest BCUT2D eigenvalue weighted by Gasteiger charge is -2.15. The molecule has 1 aromatic carbocycles. The average molecular weight is 325 g/mol. The minimum atomic E-state index is -0.0483. The molecule has 24 heavy (non-hydrogen) atoms.